The number of nitrogen functional groups attached to an aromatic ring is 2. The predicted molar refractivity (Wildman–Crippen MR) is 86.2 cm³/mol. The fourth-order valence-corrected chi connectivity index (χ4v) is 2.93. The van der Waals surface area contributed by atoms with E-state index in [1.807, 2.05) is 24.3 Å². The molecule has 0 amide bonds. The highest BCUT2D eigenvalue weighted by Crippen LogP contribution is 2.32. The number of rotatable bonds is 2. The molecule has 1 aromatic carbocycles. The molecule has 2 aromatic rings. The molecule has 1 aliphatic rings. The Bertz CT molecular complexity index is 696. The topological polar surface area (TPSA) is 105 Å². The summed E-state index contributed by atoms with van der Waals surface area (Å²) in [5.74, 6) is 1.08. The zero-order valence-corrected chi connectivity index (χ0v) is 12.2. The monoisotopic (exact) mass is 294 g/mol. The van der Waals surface area contributed by atoms with Crippen molar-refractivity contribution in [3.63, 3.8) is 0 Å². The van der Waals surface area contributed by atoms with E-state index in [1.54, 1.807) is 6.20 Å². The van der Waals surface area contributed by atoms with E-state index in [9.17, 15) is 0 Å². The van der Waals surface area contributed by atoms with Crippen LogP contribution < -0.4 is 16.4 Å². The summed E-state index contributed by atoms with van der Waals surface area (Å²) in [6.07, 6.45) is 3.74. The largest absolute Gasteiger partial charge is 0.383 e. The van der Waals surface area contributed by atoms with Gasteiger partial charge in [0.05, 0.1) is 11.6 Å². The summed E-state index contributed by atoms with van der Waals surface area (Å²) >= 11 is 0. The number of benzene rings is 1. The van der Waals surface area contributed by atoms with Crippen molar-refractivity contribution in [3.8, 4) is 6.07 Å². The second kappa shape index (κ2) is 5.90. The molecule has 1 aromatic heterocycles. The number of aromatic nitrogens is 2. The molecule has 2 heterocycles. The number of hydrogen-bond acceptors (Lipinski definition) is 6. The third-order valence-corrected chi connectivity index (χ3v) is 4.16. The number of piperidine rings is 1. The van der Waals surface area contributed by atoms with Crippen LogP contribution in [0.4, 0.5) is 17.5 Å². The van der Waals surface area contributed by atoms with E-state index in [1.165, 1.54) is 0 Å². The lowest BCUT2D eigenvalue weighted by atomic mass is 9.90. The summed E-state index contributed by atoms with van der Waals surface area (Å²) in [6, 6.07) is 9.85. The number of nitriles is 1. The van der Waals surface area contributed by atoms with Crippen LogP contribution in [0.15, 0.2) is 30.5 Å². The molecular weight excluding hydrogens is 276 g/mol. The first-order chi connectivity index (χ1) is 10.7. The Balaban J connectivity index is 1.68. The van der Waals surface area contributed by atoms with Crippen molar-refractivity contribution in [3.05, 3.63) is 41.6 Å². The van der Waals surface area contributed by atoms with Gasteiger partial charge in [-0.3, -0.25) is 0 Å². The van der Waals surface area contributed by atoms with Crippen LogP contribution in [-0.4, -0.2) is 23.1 Å². The van der Waals surface area contributed by atoms with Gasteiger partial charge >= 0.3 is 0 Å². The van der Waals surface area contributed by atoms with E-state index in [0.717, 1.165) is 37.2 Å². The summed E-state index contributed by atoms with van der Waals surface area (Å²) in [6.45, 7) is 1.89. The van der Waals surface area contributed by atoms with Gasteiger partial charge < -0.3 is 16.4 Å². The Kier molecular flexibility index (Phi) is 3.79. The normalized spacial score (nSPS) is 15.5. The second-order valence-corrected chi connectivity index (χ2v) is 5.49. The predicted octanol–water partition coefficient (Wildman–Crippen LogP) is 1.90. The molecule has 0 atom stereocenters. The second-order valence-electron chi connectivity index (χ2n) is 5.49. The lowest BCUT2D eigenvalue weighted by Gasteiger charge is -2.34. The highest BCUT2D eigenvalue weighted by atomic mass is 15.1. The molecule has 0 unspecified atom stereocenters. The van der Waals surface area contributed by atoms with Gasteiger partial charge in [0.15, 0.2) is 0 Å². The number of nitrogens with two attached hydrogens (primary N) is 2. The minimum Gasteiger partial charge on any atom is -0.383 e. The molecule has 0 radical (unpaired) electrons. The lowest BCUT2D eigenvalue weighted by Crippen LogP contribution is -2.33. The van der Waals surface area contributed by atoms with E-state index >= 15 is 0 Å². The van der Waals surface area contributed by atoms with Crippen LogP contribution in [0.25, 0.3) is 0 Å². The fourth-order valence-electron chi connectivity index (χ4n) is 2.93. The highest BCUT2D eigenvalue weighted by Gasteiger charge is 2.23. The SMILES string of the molecule is N#Cc1ccc(N2CCC(c3cnc(N)nc3N)CC2)cc1. The summed E-state index contributed by atoms with van der Waals surface area (Å²) in [5, 5.41) is 8.85. The van der Waals surface area contributed by atoms with Crippen LogP contribution in [-0.2, 0) is 0 Å². The van der Waals surface area contributed by atoms with Crippen LogP contribution in [0.3, 0.4) is 0 Å². The van der Waals surface area contributed by atoms with Crippen LogP contribution in [0.2, 0.25) is 0 Å². The first kappa shape index (κ1) is 14.1. The first-order valence-electron chi connectivity index (χ1n) is 7.30. The zero-order valence-electron chi connectivity index (χ0n) is 12.2. The summed E-state index contributed by atoms with van der Waals surface area (Å²) < 4.78 is 0. The van der Waals surface area contributed by atoms with E-state index in [4.69, 9.17) is 16.7 Å². The molecule has 6 heteroatoms. The van der Waals surface area contributed by atoms with Gasteiger partial charge in [0.25, 0.3) is 0 Å². The quantitative estimate of drug-likeness (QED) is 0.876. The van der Waals surface area contributed by atoms with E-state index in [-0.39, 0.29) is 5.95 Å². The first-order valence-corrected chi connectivity index (χ1v) is 7.30. The van der Waals surface area contributed by atoms with Crippen LogP contribution >= 0.6 is 0 Å². The molecule has 0 aliphatic carbocycles. The fraction of sp³-hybridized carbons (Fsp3) is 0.312. The molecule has 3 rings (SSSR count). The Morgan fingerprint density at radius 2 is 1.82 bits per heavy atom. The van der Waals surface area contributed by atoms with Gasteiger partial charge in [-0.05, 0) is 43.0 Å². The smallest absolute Gasteiger partial charge is 0.221 e. The molecule has 1 saturated heterocycles. The number of nitrogens with zero attached hydrogens (tertiary/aromatic N) is 4. The van der Waals surface area contributed by atoms with Crippen LogP contribution in [0.5, 0.6) is 0 Å². The van der Waals surface area contributed by atoms with Crippen LogP contribution in [0.1, 0.15) is 29.9 Å². The highest BCUT2D eigenvalue weighted by molar-refractivity contribution is 5.51. The van der Waals surface area contributed by atoms with Gasteiger partial charge in [0, 0.05) is 30.5 Å². The third kappa shape index (κ3) is 2.79. The molecule has 0 spiro atoms. The zero-order chi connectivity index (χ0) is 15.5. The average molecular weight is 294 g/mol. The van der Waals surface area contributed by atoms with Gasteiger partial charge in [-0.1, -0.05) is 0 Å². The standard InChI is InChI=1S/C16H18N6/c17-9-11-1-3-13(4-2-11)22-7-5-12(6-8-22)14-10-20-16(19)21-15(14)18/h1-4,10,12H,5-8H2,(H4,18,19,20,21). The Morgan fingerprint density at radius 3 is 2.41 bits per heavy atom. The van der Waals surface area contributed by atoms with Crippen molar-refractivity contribution in [2.24, 2.45) is 0 Å². The van der Waals surface area contributed by atoms with Gasteiger partial charge in [-0.2, -0.15) is 10.2 Å². The van der Waals surface area contributed by atoms with Gasteiger partial charge in [-0.25, -0.2) is 4.98 Å². The molecule has 4 N–H and O–H groups in total. The maximum absolute atomic E-state index is 8.85. The van der Waals surface area contributed by atoms with Gasteiger partial charge in [0.2, 0.25) is 5.95 Å². The molecule has 1 fully saturated rings. The molecular formula is C16H18N6. The number of hydrogen-bond donors (Lipinski definition) is 2. The van der Waals surface area contributed by atoms with Crippen molar-refractivity contribution < 1.29 is 0 Å². The molecule has 22 heavy (non-hydrogen) atoms. The van der Waals surface area contributed by atoms with Crippen LogP contribution in [0, 0.1) is 11.3 Å². The lowest BCUT2D eigenvalue weighted by molar-refractivity contribution is 0.504. The van der Waals surface area contributed by atoms with E-state index < -0.39 is 0 Å². The minimum absolute atomic E-state index is 0.219. The summed E-state index contributed by atoms with van der Waals surface area (Å²) in [5.41, 5.74) is 14.3. The molecule has 0 bridgehead atoms. The van der Waals surface area contributed by atoms with Crippen molar-refractivity contribution in [1.29, 1.82) is 5.26 Å². The van der Waals surface area contributed by atoms with Gasteiger partial charge in [0.1, 0.15) is 5.82 Å². The molecule has 0 saturated carbocycles. The average Bonchev–Trinajstić information content (AvgIpc) is 2.55. The maximum atomic E-state index is 8.85. The Hall–Kier alpha value is -2.81. The van der Waals surface area contributed by atoms with Crippen molar-refractivity contribution in [1.82, 2.24) is 9.97 Å². The van der Waals surface area contributed by atoms with E-state index in [0.29, 0.717) is 17.3 Å². The van der Waals surface area contributed by atoms with Gasteiger partial charge in [-0.15, -0.1) is 0 Å². The summed E-state index contributed by atoms with van der Waals surface area (Å²) in [4.78, 5) is 10.4. The van der Waals surface area contributed by atoms with Crippen molar-refractivity contribution >= 4 is 17.5 Å². The third-order valence-electron chi connectivity index (χ3n) is 4.16. The maximum Gasteiger partial charge on any atom is 0.221 e. The molecule has 1 aliphatic heterocycles. The minimum atomic E-state index is 0.219. The Morgan fingerprint density at radius 1 is 1.14 bits per heavy atom. The molecule has 6 nitrogen and oxygen atoms in total. The van der Waals surface area contributed by atoms with Crippen molar-refractivity contribution in [2.75, 3.05) is 29.5 Å². The summed E-state index contributed by atoms with van der Waals surface area (Å²) in [7, 11) is 0. The van der Waals surface area contributed by atoms with E-state index in [2.05, 4.69) is 20.9 Å². The molecule has 112 valence electrons. The van der Waals surface area contributed by atoms with Crippen molar-refractivity contribution in [2.45, 2.75) is 18.8 Å². The number of anilines is 3. The Labute approximate surface area is 129 Å².